The molecule has 4 fully saturated rings. The van der Waals surface area contributed by atoms with Gasteiger partial charge in [-0.2, -0.15) is 0 Å². The maximum atomic E-state index is 15.4. The maximum absolute atomic E-state index is 15.4. The third kappa shape index (κ3) is 7.04. The van der Waals surface area contributed by atoms with Gasteiger partial charge in [-0.25, -0.2) is 18.4 Å². The molecule has 1 saturated carbocycles. The summed E-state index contributed by atoms with van der Waals surface area (Å²) in [6.45, 7) is 9.18. The highest BCUT2D eigenvalue weighted by molar-refractivity contribution is 5.94. The summed E-state index contributed by atoms with van der Waals surface area (Å²) in [7, 11) is 0. The maximum Gasteiger partial charge on any atom is 0.414 e. The number of carboxylic acid groups (broad SMARTS) is 1. The second-order valence-electron chi connectivity index (χ2n) is 13.8. The fraction of sp³-hybridized carbons (Fsp3) is 0.500. The van der Waals surface area contributed by atoms with Gasteiger partial charge in [-0.1, -0.05) is 0 Å². The number of rotatable bonds is 11. The number of carbonyl (C=O) groups excluding carboxylic acids is 2. The second-order valence-corrected chi connectivity index (χ2v) is 13.8. The number of aromatic carboxylic acids is 1. The summed E-state index contributed by atoms with van der Waals surface area (Å²) >= 11 is 0. The van der Waals surface area contributed by atoms with Crippen molar-refractivity contribution in [1.29, 1.82) is 0 Å². The van der Waals surface area contributed by atoms with Gasteiger partial charge in [0, 0.05) is 89.5 Å². The van der Waals surface area contributed by atoms with Gasteiger partial charge in [0.1, 0.15) is 29.1 Å². The first-order chi connectivity index (χ1) is 24.0. The molecule has 14 heteroatoms. The molecule has 50 heavy (non-hydrogen) atoms. The Balaban J connectivity index is 0.898. The topological polar surface area (TPSA) is 119 Å². The number of hydrogen-bond acceptors (Lipinski definition) is 9. The standard InChI is InChI=1S/C36H42F2N6O6/c1-23(45)2-6-26-21-44(36(49)50-26)25-5-7-31(29(37)18-25)41-14-10-39(11-15-41)8-9-40-12-16-42(17-13-40)33-20-32-27(19-30(33)38)34(46)28(35(47)48)22-43(32)24-3-4-24/h5,7,18-20,22,24,26H,2-4,6,8-17,21H2,1H3,(H,47,48)/t26-/m0/s1. The smallest absolute Gasteiger partial charge is 0.414 e. The second kappa shape index (κ2) is 14.0. The fourth-order valence-corrected chi connectivity index (χ4v) is 7.28. The van der Waals surface area contributed by atoms with Crippen molar-refractivity contribution in [1.82, 2.24) is 14.4 Å². The number of nitrogens with zero attached hydrogens (tertiary/aromatic N) is 6. The van der Waals surface area contributed by atoms with Gasteiger partial charge in [-0.3, -0.25) is 19.5 Å². The quantitative estimate of drug-likeness (QED) is 0.317. The molecule has 1 aliphatic carbocycles. The average molecular weight is 693 g/mol. The molecule has 12 nitrogen and oxygen atoms in total. The number of halogens is 2. The van der Waals surface area contributed by atoms with Crippen molar-refractivity contribution in [3.63, 3.8) is 0 Å². The first-order valence-corrected chi connectivity index (χ1v) is 17.4. The van der Waals surface area contributed by atoms with Crippen LogP contribution in [0.15, 0.2) is 41.3 Å². The number of hydrogen-bond donors (Lipinski definition) is 1. The number of benzene rings is 2. The molecule has 266 valence electrons. The van der Waals surface area contributed by atoms with E-state index in [-0.39, 0.29) is 28.9 Å². The van der Waals surface area contributed by atoms with Crippen LogP contribution in [-0.2, 0) is 9.53 Å². The highest BCUT2D eigenvalue weighted by Crippen LogP contribution is 2.38. The van der Waals surface area contributed by atoms with Gasteiger partial charge in [0.2, 0.25) is 5.43 Å². The minimum absolute atomic E-state index is 0.0360. The van der Waals surface area contributed by atoms with Gasteiger partial charge in [0.25, 0.3) is 0 Å². The molecule has 2 aromatic carbocycles. The number of amides is 1. The van der Waals surface area contributed by atoms with E-state index in [1.807, 2.05) is 14.4 Å². The Bertz CT molecular complexity index is 1870. The van der Waals surface area contributed by atoms with Gasteiger partial charge in [-0.05, 0) is 56.5 Å². The molecule has 1 aromatic heterocycles. The Morgan fingerprint density at radius 1 is 0.860 bits per heavy atom. The molecular weight excluding hydrogens is 650 g/mol. The van der Waals surface area contributed by atoms with E-state index in [4.69, 9.17) is 4.74 Å². The molecule has 3 aliphatic heterocycles. The van der Waals surface area contributed by atoms with Gasteiger partial charge in [-0.15, -0.1) is 0 Å². The van der Waals surface area contributed by atoms with Gasteiger partial charge in [0.05, 0.1) is 29.1 Å². The van der Waals surface area contributed by atoms with E-state index in [1.54, 1.807) is 18.2 Å². The zero-order chi connectivity index (χ0) is 35.1. The molecule has 1 amide bonds. The summed E-state index contributed by atoms with van der Waals surface area (Å²) in [5.74, 6) is -2.18. The van der Waals surface area contributed by atoms with Gasteiger partial charge < -0.3 is 29.0 Å². The molecule has 1 N–H and O–H groups in total. The first kappa shape index (κ1) is 33.9. The van der Waals surface area contributed by atoms with Crippen LogP contribution in [0.4, 0.5) is 30.6 Å². The minimum Gasteiger partial charge on any atom is -0.477 e. The van der Waals surface area contributed by atoms with E-state index in [0.29, 0.717) is 68.1 Å². The zero-order valence-electron chi connectivity index (χ0n) is 28.2. The van der Waals surface area contributed by atoms with Crippen molar-refractivity contribution in [3.8, 4) is 0 Å². The number of fused-ring (bicyclic) bond motifs is 1. The Morgan fingerprint density at radius 3 is 2.06 bits per heavy atom. The van der Waals surface area contributed by atoms with Gasteiger partial charge in [0.15, 0.2) is 0 Å². The summed E-state index contributed by atoms with van der Waals surface area (Å²) in [5, 5.41) is 9.62. The van der Waals surface area contributed by atoms with E-state index in [0.717, 1.165) is 52.1 Å². The number of anilines is 3. The van der Waals surface area contributed by atoms with Crippen LogP contribution in [0, 0.1) is 11.6 Å². The monoisotopic (exact) mass is 692 g/mol. The van der Waals surface area contributed by atoms with Crippen molar-refractivity contribution in [2.24, 2.45) is 0 Å². The number of ether oxygens (including phenoxy) is 1. The SMILES string of the molecule is CC(=O)CC[C@H]1CN(c2ccc(N3CCN(CCN4CCN(c5cc6c(cc5F)c(=O)c(C(=O)O)cn6C5CC5)CC4)CC3)c(F)c2)C(=O)O1. The van der Waals surface area contributed by atoms with Crippen LogP contribution < -0.4 is 20.1 Å². The van der Waals surface area contributed by atoms with Crippen LogP contribution >= 0.6 is 0 Å². The largest absolute Gasteiger partial charge is 0.477 e. The summed E-state index contributed by atoms with van der Waals surface area (Å²) in [6.07, 6.45) is 3.07. The van der Waals surface area contributed by atoms with E-state index in [2.05, 4.69) is 9.80 Å². The Labute approximate surface area is 288 Å². The molecule has 4 heterocycles. The van der Waals surface area contributed by atoms with Crippen LogP contribution in [0.1, 0.15) is 49.0 Å². The van der Waals surface area contributed by atoms with Crippen LogP contribution in [0.25, 0.3) is 10.9 Å². The number of pyridine rings is 1. The number of piperazine rings is 2. The molecule has 0 radical (unpaired) electrons. The van der Waals surface area contributed by atoms with Crippen LogP contribution in [0.3, 0.4) is 0 Å². The number of Topliss-reactive ketones (excluding diaryl/α,β-unsaturated/α-hetero) is 1. The molecule has 3 aromatic rings. The Hall–Kier alpha value is -4.56. The fourth-order valence-electron chi connectivity index (χ4n) is 7.28. The van der Waals surface area contributed by atoms with E-state index >= 15 is 8.78 Å². The summed E-state index contributed by atoms with van der Waals surface area (Å²) in [5.41, 5.74) is 0.950. The number of carbonyl (C=O) groups is 3. The molecule has 3 saturated heterocycles. The van der Waals surface area contributed by atoms with Gasteiger partial charge >= 0.3 is 12.1 Å². The molecule has 4 aliphatic rings. The van der Waals surface area contributed by atoms with Crippen LogP contribution in [0.5, 0.6) is 0 Å². The summed E-state index contributed by atoms with van der Waals surface area (Å²) < 4.78 is 37.9. The number of aromatic nitrogens is 1. The Morgan fingerprint density at radius 2 is 1.48 bits per heavy atom. The summed E-state index contributed by atoms with van der Waals surface area (Å²) in [4.78, 5) is 58.3. The predicted molar refractivity (Wildman–Crippen MR) is 185 cm³/mol. The lowest BCUT2D eigenvalue weighted by atomic mass is 10.1. The molecule has 7 rings (SSSR count). The molecule has 0 unspecified atom stereocenters. The van der Waals surface area contributed by atoms with Crippen molar-refractivity contribution in [2.45, 2.75) is 44.8 Å². The molecule has 0 spiro atoms. The van der Waals surface area contributed by atoms with Crippen LogP contribution in [-0.4, -0.2) is 115 Å². The zero-order valence-corrected chi connectivity index (χ0v) is 28.2. The molecular formula is C36H42F2N6O6. The third-order valence-electron chi connectivity index (χ3n) is 10.4. The molecule has 1 atom stereocenters. The van der Waals surface area contributed by atoms with E-state index in [1.165, 1.54) is 30.2 Å². The van der Waals surface area contributed by atoms with Crippen LogP contribution in [0.2, 0.25) is 0 Å². The van der Waals surface area contributed by atoms with Crippen molar-refractivity contribution >= 4 is 45.8 Å². The normalized spacial score (nSPS) is 20.5. The molecule has 0 bridgehead atoms. The Kier molecular flexibility index (Phi) is 9.49. The third-order valence-corrected chi connectivity index (χ3v) is 10.4. The van der Waals surface area contributed by atoms with Crippen molar-refractivity contribution < 1.29 is 33.0 Å². The van der Waals surface area contributed by atoms with E-state index in [9.17, 15) is 24.3 Å². The predicted octanol–water partition coefficient (Wildman–Crippen LogP) is 3.95. The number of carboxylic acids is 1. The minimum atomic E-state index is -1.31. The van der Waals surface area contributed by atoms with Crippen molar-refractivity contribution in [3.05, 3.63) is 63.9 Å². The lowest BCUT2D eigenvalue weighted by Gasteiger charge is -2.39. The lowest BCUT2D eigenvalue weighted by molar-refractivity contribution is -0.117. The highest BCUT2D eigenvalue weighted by Gasteiger charge is 2.33. The first-order valence-electron chi connectivity index (χ1n) is 17.4. The highest BCUT2D eigenvalue weighted by atomic mass is 19.1. The average Bonchev–Trinajstić information content (AvgIpc) is 3.88. The van der Waals surface area contributed by atoms with Crippen molar-refractivity contribution in [2.75, 3.05) is 86.7 Å². The summed E-state index contributed by atoms with van der Waals surface area (Å²) in [6, 6.07) is 7.85. The number of cyclic esters (lactones) is 1. The van der Waals surface area contributed by atoms with E-state index < -0.39 is 29.1 Å². The number of ketones is 1. The lowest BCUT2D eigenvalue weighted by Crippen LogP contribution is -2.51.